The molecular weight excluding hydrogens is 262 g/mol. The van der Waals surface area contributed by atoms with Gasteiger partial charge in [-0.1, -0.05) is 39.8 Å². The number of fused-ring (bicyclic) bond motifs is 1. The minimum atomic E-state index is 0.186. The maximum atomic E-state index is 5.87. The van der Waals surface area contributed by atoms with Gasteiger partial charge in [0.25, 0.3) is 0 Å². The Bertz CT molecular complexity index is 653. The standard InChI is InChI=1S/C13H12ClN5/c1-8-3-2-4-9(5-8)6-15-11-10-12(17-7-16-10)19-13(14)18-11/h2-5,7,16H,6H2,1H3,(H,15,18,19)/q+1. The van der Waals surface area contributed by atoms with Crippen LogP contribution < -0.4 is 15.6 Å². The molecule has 1 aromatic carbocycles. The zero-order valence-corrected chi connectivity index (χ0v) is 11.1. The predicted molar refractivity (Wildman–Crippen MR) is 77.0 cm³/mol. The smallest absolute Gasteiger partial charge is 0.342 e. The Morgan fingerprint density at radius 2 is 2.26 bits per heavy atom. The Labute approximate surface area is 115 Å². The Morgan fingerprint density at radius 1 is 1.37 bits per heavy atom. The Hall–Kier alpha value is -2.14. The molecule has 95 valence electrons. The van der Waals surface area contributed by atoms with Gasteiger partial charge in [0.1, 0.15) is 0 Å². The summed E-state index contributed by atoms with van der Waals surface area (Å²) in [7, 11) is 0. The largest absolute Gasteiger partial charge is 0.363 e. The molecule has 3 rings (SSSR count). The van der Waals surface area contributed by atoms with Crippen LogP contribution in [0.5, 0.6) is 0 Å². The first-order chi connectivity index (χ1) is 9.22. The molecule has 1 aliphatic heterocycles. The summed E-state index contributed by atoms with van der Waals surface area (Å²) in [6.07, 6.45) is 1.58. The van der Waals surface area contributed by atoms with Crippen molar-refractivity contribution < 1.29 is 0 Å². The molecule has 0 saturated carbocycles. The molecule has 0 atom stereocenters. The first kappa shape index (κ1) is 11.9. The third-order valence-corrected chi connectivity index (χ3v) is 2.97. The van der Waals surface area contributed by atoms with Crippen molar-refractivity contribution in [2.45, 2.75) is 13.5 Å². The van der Waals surface area contributed by atoms with Gasteiger partial charge in [0.15, 0.2) is 5.82 Å². The molecule has 2 heterocycles. The highest BCUT2D eigenvalue weighted by molar-refractivity contribution is 6.28. The molecule has 5 nitrogen and oxygen atoms in total. The zero-order chi connectivity index (χ0) is 13.2. The summed E-state index contributed by atoms with van der Waals surface area (Å²) < 4.78 is 0. The average Bonchev–Trinajstić information content (AvgIpc) is 2.84. The number of halogens is 1. The molecule has 0 spiro atoms. The van der Waals surface area contributed by atoms with E-state index in [1.54, 1.807) is 6.34 Å². The quantitative estimate of drug-likeness (QED) is 0.844. The summed E-state index contributed by atoms with van der Waals surface area (Å²) in [5, 5.41) is 6.44. The van der Waals surface area contributed by atoms with Crippen molar-refractivity contribution in [2.75, 3.05) is 10.6 Å². The van der Waals surface area contributed by atoms with E-state index in [0.717, 1.165) is 5.69 Å². The van der Waals surface area contributed by atoms with Gasteiger partial charge in [-0.3, -0.25) is 5.32 Å². The molecule has 19 heavy (non-hydrogen) atoms. The van der Waals surface area contributed by atoms with Crippen LogP contribution >= 0.6 is 11.6 Å². The third kappa shape index (κ3) is 2.51. The topological polar surface area (TPSA) is 63.9 Å². The van der Waals surface area contributed by atoms with Gasteiger partial charge in [0, 0.05) is 6.54 Å². The summed E-state index contributed by atoms with van der Waals surface area (Å²) in [6, 6.07) is 8.29. The van der Waals surface area contributed by atoms with Crippen molar-refractivity contribution in [1.82, 2.24) is 15.0 Å². The molecule has 1 radical (unpaired) electrons. The number of aliphatic imine (C=N–C) groups is 1. The van der Waals surface area contributed by atoms with Crippen molar-refractivity contribution >= 4 is 35.3 Å². The number of hydrogen-bond donors (Lipinski definition) is 2. The van der Waals surface area contributed by atoms with Gasteiger partial charge in [-0.25, -0.2) is 0 Å². The Morgan fingerprint density at radius 3 is 3.11 bits per heavy atom. The highest BCUT2D eigenvalue weighted by atomic mass is 35.5. The lowest BCUT2D eigenvalue weighted by Gasteiger charge is -2.07. The molecule has 0 saturated heterocycles. The van der Waals surface area contributed by atoms with Crippen LogP contribution in [0.4, 0.5) is 17.3 Å². The molecule has 2 N–H and O–H groups in total. The van der Waals surface area contributed by atoms with E-state index < -0.39 is 0 Å². The minimum absolute atomic E-state index is 0.186. The summed E-state index contributed by atoms with van der Waals surface area (Å²) in [4.78, 5) is 12.3. The van der Waals surface area contributed by atoms with E-state index in [1.807, 2.05) is 6.07 Å². The van der Waals surface area contributed by atoms with E-state index in [-0.39, 0.29) is 5.28 Å². The van der Waals surface area contributed by atoms with E-state index in [0.29, 0.717) is 18.2 Å². The van der Waals surface area contributed by atoms with E-state index in [1.165, 1.54) is 11.1 Å². The van der Waals surface area contributed by atoms with Crippen LogP contribution in [0, 0.1) is 6.92 Å². The lowest BCUT2D eigenvalue weighted by Crippen LogP contribution is -2.05. The van der Waals surface area contributed by atoms with Gasteiger partial charge in [-0.2, -0.15) is 4.98 Å². The first-order valence-electron chi connectivity index (χ1n) is 5.88. The number of hydrogen-bond acceptors (Lipinski definition) is 5. The van der Waals surface area contributed by atoms with Gasteiger partial charge in [0.2, 0.25) is 12.0 Å². The lowest BCUT2D eigenvalue weighted by atomic mass is 10.1. The van der Waals surface area contributed by atoms with E-state index >= 15 is 0 Å². The van der Waals surface area contributed by atoms with Crippen LogP contribution in [0.1, 0.15) is 11.1 Å². The van der Waals surface area contributed by atoms with Gasteiger partial charge < -0.3 is 5.32 Å². The molecule has 0 fully saturated rings. The maximum Gasteiger partial charge on any atom is 0.342 e. The second-order valence-corrected chi connectivity index (χ2v) is 4.62. The molecule has 2 aromatic rings. The van der Waals surface area contributed by atoms with Crippen molar-refractivity contribution in [2.24, 2.45) is 0 Å². The lowest BCUT2D eigenvalue weighted by molar-refractivity contribution is 1.07. The second-order valence-electron chi connectivity index (χ2n) is 4.28. The van der Waals surface area contributed by atoms with Crippen molar-refractivity contribution in [3.05, 3.63) is 40.7 Å². The van der Waals surface area contributed by atoms with E-state index in [9.17, 15) is 0 Å². The van der Waals surface area contributed by atoms with Gasteiger partial charge in [0.05, 0.1) is 0 Å². The van der Waals surface area contributed by atoms with E-state index in [2.05, 4.69) is 50.7 Å². The Kier molecular flexibility index (Phi) is 3.05. The summed E-state index contributed by atoms with van der Waals surface area (Å²) in [6.45, 7) is 2.74. The van der Waals surface area contributed by atoms with Gasteiger partial charge >= 0.3 is 11.1 Å². The average molecular weight is 274 g/mol. The molecule has 1 aliphatic rings. The van der Waals surface area contributed by atoms with Crippen LogP contribution in [0.2, 0.25) is 5.28 Å². The summed E-state index contributed by atoms with van der Waals surface area (Å²) in [5.74, 6) is 1.22. The fraction of sp³-hybridized carbons (Fsp3) is 0.154. The first-order valence-corrected chi connectivity index (χ1v) is 6.26. The molecule has 0 bridgehead atoms. The number of nitrogens with zero attached hydrogens (tertiary/aromatic N) is 3. The van der Waals surface area contributed by atoms with Crippen LogP contribution in [-0.2, 0) is 6.54 Å². The second kappa shape index (κ2) is 4.85. The van der Waals surface area contributed by atoms with Crippen molar-refractivity contribution in [3.63, 3.8) is 0 Å². The van der Waals surface area contributed by atoms with Crippen molar-refractivity contribution in [1.29, 1.82) is 0 Å². The molecule has 0 amide bonds. The zero-order valence-electron chi connectivity index (χ0n) is 10.3. The van der Waals surface area contributed by atoms with Gasteiger partial charge in [-0.05, 0) is 24.1 Å². The maximum absolute atomic E-state index is 5.87. The van der Waals surface area contributed by atoms with Crippen LogP contribution in [0.3, 0.4) is 0 Å². The Balaban J connectivity index is 1.81. The number of rotatable bonds is 3. The molecule has 0 aliphatic carbocycles. The number of aromatic nitrogens is 2. The monoisotopic (exact) mass is 273 g/mol. The minimum Gasteiger partial charge on any atom is -0.363 e. The SMILES string of the molecule is Cc1cccc(CNc2nc(Cl)nc3c2NC=[N+]3)c1. The normalized spacial score (nSPS) is 12.1. The van der Waals surface area contributed by atoms with Gasteiger partial charge in [-0.15, -0.1) is 0 Å². The molecule has 0 unspecified atom stereocenters. The number of nitrogens with one attached hydrogen (secondary N) is 2. The van der Waals surface area contributed by atoms with E-state index in [4.69, 9.17) is 11.6 Å². The van der Waals surface area contributed by atoms with Crippen molar-refractivity contribution in [3.8, 4) is 0 Å². The number of benzene rings is 1. The predicted octanol–water partition coefficient (Wildman–Crippen LogP) is 2.47. The number of aryl methyl sites for hydroxylation is 1. The summed E-state index contributed by atoms with van der Waals surface area (Å²) >= 11 is 5.87. The highest BCUT2D eigenvalue weighted by Crippen LogP contribution is 2.30. The van der Waals surface area contributed by atoms with Crippen LogP contribution in [-0.4, -0.2) is 16.3 Å². The summed E-state index contributed by atoms with van der Waals surface area (Å²) in [5.41, 5.74) is 3.17. The highest BCUT2D eigenvalue weighted by Gasteiger charge is 2.24. The van der Waals surface area contributed by atoms with Crippen LogP contribution in [0.15, 0.2) is 24.3 Å². The molecular formula is C13H12ClN5+. The molecule has 1 aromatic heterocycles. The van der Waals surface area contributed by atoms with Crippen LogP contribution in [0.25, 0.3) is 0 Å². The molecule has 6 heteroatoms. The fourth-order valence-corrected chi connectivity index (χ4v) is 2.11. The fourth-order valence-electron chi connectivity index (χ4n) is 1.94. The third-order valence-electron chi connectivity index (χ3n) is 2.80. The number of anilines is 2.